The van der Waals surface area contributed by atoms with Crippen LogP contribution in [0.25, 0.3) is 78.2 Å². The maximum atomic E-state index is 4.92. The van der Waals surface area contributed by atoms with Gasteiger partial charge in [0.15, 0.2) is 17.5 Å². The maximum absolute atomic E-state index is 4.92. The highest BCUT2D eigenvalue weighted by Crippen LogP contribution is 2.35. The fourth-order valence-corrected chi connectivity index (χ4v) is 5.95. The van der Waals surface area contributed by atoms with E-state index in [2.05, 4.69) is 72.8 Å². The zero-order valence-electron chi connectivity index (χ0n) is 25.5. The van der Waals surface area contributed by atoms with Gasteiger partial charge < -0.3 is 0 Å². The highest BCUT2D eigenvalue weighted by Gasteiger charge is 2.14. The van der Waals surface area contributed by atoms with E-state index in [1.54, 1.807) is 0 Å². The molecule has 3 aromatic heterocycles. The zero-order valence-corrected chi connectivity index (χ0v) is 25.5. The molecule has 0 aliphatic heterocycles. The van der Waals surface area contributed by atoms with Crippen LogP contribution in [0, 0.1) is 13.8 Å². The van der Waals surface area contributed by atoms with Crippen molar-refractivity contribution >= 4 is 21.8 Å². The summed E-state index contributed by atoms with van der Waals surface area (Å²) in [6, 6.07) is 47.9. The first-order valence-electron chi connectivity index (χ1n) is 15.3. The van der Waals surface area contributed by atoms with Crippen LogP contribution in [0.4, 0.5) is 0 Å². The van der Waals surface area contributed by atoms with Crippen LogP contribution in [0.1, 0.15) is 11.4 Å². The predicted molar refractivity (Wildman–Crippen MR) is 187 cm³/mol. The van der Waals surface area contributed by atoms with Gasteiger partial charge >= 0.3 is 0 Å². The van der Waals surface area contributed by atoms with Crippen molar-refractivity contribution in [1.29, 1.82) is 0 Å². The van der Waals surface area contributed by atoms with E-state index in [0.717, 1.165) is 72.1 Å². The van der Waals surface area contributed by atoms with Crippen LogP contribution < -0.4 is 0 Å². The fourth-order valence-electron chi connectivity index (χ4n) is 5.95. The Kier molecular flexibility index (Phi) is 6.84. The summed E-state index contributed by atoms with van der Waals surface area (Å²) in [5.74, 6) is 1.95. The average molecular weight is 592 g/mol. The predicted octanol–water partition coefficient (Wildman–Crippen LogP) is 9.92. The Hall–Kier alpha value is -6.07. The second-order valence-corrected chi connectivity index (χ2v) is 11.5. The second-order valence-electron chi connectivity index (χ2n) is 11.5. The molecule has 0 fully saturated rings. The van der Waals surface area contributed by atoms with Crippen LogP contribution in [-0.2, 0) is 0 Å². The fraction of sp³-hybridized carbons (Fsp3) is 0.0488. The third kappa shape index (κ3) is 5.18. The first-order chi connectivity index (χ1) is 22.6. The summed E-state index contributed by atoms with van der Waals surface area (Å²) < 4.78 is 0. The molecular formula is C41H29N5. The lowest BCUT2D eigenvalue weighted by Crippen LogP contribution is -2.00. The molecule has 5 nitrogen and oxygen atoms in total. The molecule has 0 bridgehead atoms. The Morgan fingerprint density at radius 3 is 1.52 bits per heavy atom. The monoisotopic (exact) mass is 591 g/mol. The second kappa shape index (κ2) is 11.5. The van der Waals surface area contributed by atoms with Gasteiger partial charge in [0.25, 0.3) is 0 Å². The third-order valence-corrected chi connectivity index (χ3v) is 8.26. The Morgan fingerprint density at radius 2 is 0.870 bits per heavy atom. The minimum absolute atomic E-state index is 0.641. The van der Waals surface area contributed by atoms with Crippen LogP contribution >= 0.6 is 0 Å². The molecule has 0 N–H and O–H groups in total. The third-order valence-electron chi connectivity index (χ3n) is 8.26. The lowest BCUT2D eigenvalue weighted by atomic mass is 9.95. The van der Waals surface area contributed by atoms with E-state index in [1.165, 1.54) is 0 Å². The first kappa shape index (κ1) is 27.5. The first-order valence-corrected chi connectivity index (χ1v) is 15.3. The highest BCUT2D eigenvalue weighted by atomic mass is 15.0. The molecule has 46 heavy (non-hydrogen) atoms. The Morgan fingerprint density at radius 1 is 0.348 bits per heavy atom. The highest BCUT2D eigenvalue weighted by molar-refractivity contribution is 6.08. The molecule has 8 aromatic rings. The molecule has 0 saturated heterocycles. The molecule has 5 heteroatoms. The topological polar surface area (TPSA) is 64.5 Å². The molecule has 218 valence electrons. The number of nitrogens with zero attached hydrogens (tertiary/aromatic N) is 5. The standard InChI is InChI=1S/C41H29N5/c1-26-16-17-29-22-23-35-36(24-27(2)43-38(35)37(29)42-26)34-15-9-14-33(25-34)28-18-20-32(21-19-28)41-45-39(30-10-5-3-6-11-30)44-40(46-41)31-12-7-4-8-13-31/h3-25H,1-2H3. The number of hydrogen-bond acceptors (Lipinski definition) is 5. The van der Waals surface area contributed by atoms with Gasteiger partial charge in [-0.3, -0.25) is 9.97 Å². The van der Waals surface area contributed by atoms with E-state index in [1.807, 2.05) is 80.6 Å². The van der Waals surface area contributed by atoms with E-state index < -0.39 is 0 Å². The number of aromatic nitrogens is 5. The van der Waals surface area contributed by atoms with Gasteiger partial charge in [-0.2, -0.15) is 0 Å². The van der Waals surface area contributed by atoms with E-state index in [-0.39, 0.29) is 0 Å². The normalized spacial score (nSPS) is 11.3. The van der Waals surface area contributed by atoms with Gasteiger partial charge in [-0.05, 0) is 54.3 Å². The summed E-state index contributed by atoms with van der Waals surface area (Å²) in [7, 11) is 0. The maximum Gasteiger partial charge on any atom is 0.164 e. The molecule has 8 rings (SSSR count). The summed E-state index contributed by atoms with van der Waals surface area (Å²) in [4.78, 5) is 24.4. The number of benzene rings is 5. The molecular weight excluding hydrogens is 562 g/mol. The van der Waals surface area contributed by atoms with E-state index in [0.29, 0.717) is 17.5 Å². The van der Waals surface area contributed by atoms with Crippen LogP contribution in [0.15, 0.2) is 140 Å². The number of hydrogen-bond donors (Lipinski definition) is 0. The summed E-state index contributed by atoms with van der Waals surface area (Å²) >= 11 is 0. The number of aryl methyl sites for hydroxylation is 2. The molecule has 0 unspecified atom stereocenters. The van der Waals surface area contributed by atoms with Crippen molar-refractivity contribution in [2.45, 2.75) is 13.8 Å². The quantitative estimate of drug-likeness (QED) is 0.186. The van der Waals surface area contributed by atoms with Crippen molar-refractivity contribution in [3.63, 3.8) is 0 Å². The SMILES string of the molecule is Cc1ccc2ccc3c(-c4cccc(-c5ccc(-c6nc(-c7ccccc7)nc(-c7ccccc7)n6)cc5)c4)cc(C)nc3c2n1. The number of fused-ring (bicyclic) bond motifs is 3. The minimum Gasteiger partial charge on any atom is -0.251 e. The van der Waals surface area contributed by atoms with Gasteiger partial charge in [-0.25, -0.2) is 15.0 Å². The van der Waals surface area contributed by atoms with Crippen molar-refractivity contribution < 1.29 is 0 Å². The average Bonchev–Trinajstić information content (AvgIpc) is 3.12. The van der Waals surface area contributed by atoms with Crippen LogP contribution in [0.5, 0.6) is 0 Å². The Balaban J connectivity index is 1.18. The largest absolute Gasteiger partial charge is 0.251 e. The summed E-state index contributed by atoms with van der Waals surface area (Å²) in [5, 5.41) is 2.20. The van der Waals surface area contributed by atoms with Crippen molar-refractivity contribution in [3.05, 3.63) is 151 Å². The zero-order chi connectivity index (χ0) is 31.0. The Labute approximate surface area is 267 Å². The van der Waals surface area contributed by atoms with Crippen LogP contribution in [-0.4, -0.2) is 24.9 Å². The molecule has 0 radical (unpaired) electrons. The van der Waals surface area contributed by atoms with Gasteiger partial charge in [0, 0.05) is 38.9 Å². The molecule has 0 atom stereocenters. The van der Waals surface area contributed by atoms with Gasteiger partial charge in [0.2, 0.25) is 0 Å². The van der Waals surface area contributed by atoms with Crippen molar-refractivity contribution in [2.75, 3.05) is 0 Å². The van der Waals surface area contributed by atoms with Crippen molar-refractivity contribution in [1.82, 2.24) is 24.9 Å². The molecule has 0 aliphatic rings. The van der Waals surface area contributed by atoms with Gasteiger partial charge in [-0.15, -0.1) is 0 Å². The Bertz CT molecular complexity index is 2310. The summed E-state index contributed by atoms with van der Waals surface area (Å²) in [6.45, 7) is 4.07. The lowest BCUT2D eigenvalue weighted by Gasteiger charge is -2.12. The van der Waals surface area contributed by atoms with Gasteiger partial charge in [-0.1, -0.05) is 121 Å². The van der Waals surface area contributed by atoms with Crippen molar-refractivity contribution in [2.24, 2.45) is 0 Å². The molecule has 0 saturated carbocycles. The molecule has 3 heterocycles. The smallest absolute Gasteiger partial charge is 0.164 e. The number of pyridine rings is 2. The number of rotatable bonds is 5. The van der Waals surface area contributed by atoms with Gasteiger partial charge in [0.05, 0.1) is 11.0 Å². The molecule has 5 aromatic carbocycles. The lowest BCUT2D eigenvalue weighted by molar-refractivity contribution is 1.07. The molecule has 0 spiro atoms. The van der Waals surface area contributed by atoms with Crippen LogP contribution in [0.3, 0.4) is 0 Å². The van der Waals surface area contributed by atoms with E-state index in [4.69, 9.17) is 24.9 Å². The van der Waals surface area contributed by atoms with E-state index >= 15 is 0 Å². The van der Waals surface area contributed by atoms with E-state index in [9.17, 15) is 0 Å². The molecule has 0 aliphatic carbocycles. The van der Waals surface area contributed by atoms with Crippen LogP contribution in [0.2, 0.25) is 0 Å². The molecule has 0 amide bonds. The minimum atomic E-state index is 0.641. The summed E-state index contributed by atoms with van der Waals surface area (Å²) in [5.41, 5.74) is 11.2. The van der Waals surface area contributed by atoms with Crippen molar-refractivity contribution in [3.8, 4) is 56.4 Å². The van der Waals surface area contributed by atoms with Gasteiger partial charge in [0.1, 0.15) is 0 Å². The summed E-state index contributed by atoms with van der Waals surface area (Å²) in [6.07, 6.45) is 0.